The van der Waals surface area contributed by atoms with Crippen molar-refractivity contribution in [2.75, 3.05) is 14.2 Å². The van der Waals surface area contributed by atoms with Gasteiger partial charge in [-0.15, -0.1) is 0 Å². The van der Waals surface area contributed by atoms with Gasteiger partial charge in [0, 0.05) is 11.2 Å². The molecule has 0 atom stereocenters. The monoisotopic (exact) mass is 326 g/mol. The van der Waals surface area contributed by atoms with E-state index in [-0.39, 0.29) is 16.4 Å². The molecule has 0 saturated heterocycles. The third-order valence-corrected chi connectivity index (χ3v) is 3.35. The lowest BCUT2D eigenvalue weighted by molar-refractivity contribution is -0.435. The molecule has 0 spiro atoms. The van der Waals surface area contributed by atoms with E-state index in [0.29, 0.717) is 21.4 Å². The van der Waals surface area contributed by atoms with Crippen LogP contribution in [0.15, 0.2) is 41.5 Å². The molecule has 0 aliphatic heterocycles. The van der Waals surface area contributed by atoms with Gasteiger partial charge < -0.3 is 14.7 Å². The van der Waals surface area contributed by atoms with Crippen LogP contribution in [-0.4, -0.2) is 19.1 Å². The van der Waals surface area contributed by atoms with Crippen molar-refractivity contribution in [3.05, 3.63) is 51.7 Å². The zero-order valence-corrected chi connectivity index (χ0v) is 12.9. The van der Waals surface area contributed by atoms with Crippen LogP contribution in [0.5, 0.6) is 11.5 Å². The van der Waals surface area contributed by atoms with Crippen LogP contribution in [0, 0.1) is 5.21 Å². The fourth-order valence-electron chi connectivity index (χ4n) is 1.61. The Morgan fingerprint density at radius 2 is 1.52 bits per heavy atom. The number of hydrogen-bond acceptors (Lipinski definition) is 4. The molecule has 21 heavy (non-hydrogen) atoms. The Morgan fingerprint density at radius 1 is 0.952 bits per heavy atom. The molecule has 2 rings (SSSR count). The minimum Gasteiger partial charge on any atom is -0.594 e. The molecule has 0 aliphatic rings. The molecule has 7 heteroatoms. The van der Waals surface area contributed by atoms with E-state index < -0.39 is 0 Å². The van der Waals surface area contributed by atoms with Crippen LogP contribution in [0.1, 0.15) is 0 Å². The molecule has 0 fully saturated rings. The van der Waals surface area contributed by atoms with Crippen molar-refractivity contribution in [3.8, 4) is 11.5 Å². The normalized spacial score (nSPS) is 11.3. The maximum absolute atomic E-state index is 12.2. The SMILES string of the molecule is COc1ccc(Cl)c(N=[N+]([O-])c2cc(OC)ccc2Cl)c1. The van der Waals surface area contributed by atoms with Gasteiger partial charge in [-0.2, -0.15) is 0 Å². The van der Waals surface area contributed by atoms with Gasteiger partial charge in [-0.25, -0.2) is 0 Å². The summed E-state index contributed by atoms with van der Waals surface area (Å²) in [5.41, 5.74) is 0.444. The summed E-state index contributed by atoms with van der Waals surface area (Å²) in [7, 11) is 3.01. The Kier molecular flexibility index (Phi) is 4.88. The van der Waals surface area contributed by atoms with E-state index in [0.717, 1.165) is 0 Å². The van der Waals surface area contributed by atoms with Gasteiger partial charge in [0.2, 0.25) is 0 Å². The van der Waals surface area contributed by atoms with E-state index in [2.05, 4.69) is 5.11 Å². The highest BCUT2D eigenvalue weighted by Gasteiger charge is 2.14. The molecular weight excluding hydrogens is 315 g/mol. The largest absolute Gasteiger partial charge is 0.594 e. The van der Waals surface area contributed by atoms with Crippen LogP contribution in [0.2, 0.25) is 10.0 Å². The average Bonchev–Trinajstić information content (AvgIpc) is 2.49. The molecule has 0 heterocycles. The Labute approximate surface area is 131 Å². The van der Waals surface area contributed by atoms with Crippen molar-refractivity contribution in [1.29, 1.82) is 0 Å². The van der Waals surface area contributed by atoms with Crippen molar-refractivity contribution >= 4 is 34.6 Å². The quantitative estimate of drug-likeness (QED) is 0.454. The standard InChI is InChI=1S/C14H12Cl2N2O3/c1-20-9-3-5-11(15)13(7-9)17-18(19)14-8-10(21-2)4-6-12(14)16/h3-8H,1-2H3. The molecule has 0 saturated carbocycles. The highest BCUT2D eigenvalue weighted by molar-refractivity contribution is 6.33. The molecule has 0 amide bonds. The van der Waals surface area contributed by atoms with E-state index in [1.54, 1.807) is 30.3 Å². The molecule has 0 aromatic heterocycles. The van der Waals surface area contributed by atoms with E-state index in [4.69, 9.17) is 32.7 Å². The van der Waals surface area contributed by atoms with Crippen molar-refractivity contribution in [1.82, 2.24) is 0 Å². The fourth-order valence-corrected chi connectivity index (χ4v) is 1.96. The lowest BCUT2D eigenvalue weighted by Crippen LogP contribution is -1.93. The lowest BCUT2D eigenvalue weighted by Gasteiger charge is -2.06. The summed E-state index contributed by atoms with van der Waals surface area (Å²) in [5, 5.41) is 16.7. The summed E-state index contributed by atoms with van der Waals surface area (Å²) >= 11 is 12.0. The number of azo groups is 1. The van der Waals surface area contributed by atoms with Crippen LogP contribution in [0.4, 0.5) is 11.4 Å². The summed E-state index contributed by atoms with van der Waals surface area (Å²) < 4.78 is 10.1. The Balaban J connectivity index is 2.46. The fraction of sp³-hybridized carbons (Fsp3) is 0.143. The van der Waals surface area contributed by atoms with Gasteiger partial charge in [0.25, 0.3) is 5.69 Å². The first-order valence-electron chi connectivity index (χ1n) is 5.91. The second-order valence-electron chi connectivity index (χ2n) is 4.01. The van der Waals surface area contributed by atoms with Crippen LogP contribution in [0.3, 0.4) is 0 Å². The van der Waals surface area contributed by atoms with E-state index in [1.807, 2.05) is 0 Å². The summed E-state index contributed by atoms with van der Waals surface area (Å²) in [4.78, 5) is 0.394. The predicted octanol–water partition coefficient (Wildman–Crippen LogP) is 4.94. The molecule has 0 unspecified atom stereocenters. The van der Waals surface area contributed by atoms with Gasteiger partial charge in [0.15, 0.2) is 5.69 Å². The minimum atomic E-state index is 0.162. The maximum atomic E-state index is 12.2. The lowest BCUT2D eigenvalue weighted by atomic mass is 10.3. The summed E-state index contributed by atoms with van der Waals surface area (Å²) in [5.74, 6) is 1.05. The third kappa shape index (κ3) is 3.56. The van der Waals surface area contributed by atoms with Gasteiger partial charge >= 0.3 is 0 Å². The topological polar surface area (TPSA) is 56.9 Å². The highest BCUT2D eigenvalue weighted by atomic mass is 35.5. The van der Waals surface area contributed by atoms with Crippen LogP contribution in [0.25, 0.3) is 0 Å². The average molecular weight is 327 g/mol. The van der Waals surface area contributed by atoms with Crippen molar-refractivity contribution in [3.63, 3.8) is 0 Å². The maximum Gasteiger partial charge on any atom is 0.267 e. The first-order valence-corrected chi connectivity index (χ1v) is 6.66. The molecule has 5 nitrogen and oxygen atoms in total. The smallest absolute Gasteiger partial charge is 0.267 e. The van der Waals surface area contributed by atoms with E-state index >= 15 is 0 Å². The molecule has 2 aromatic carbocycles. The van der Waals surface area contributed by atoms with Crippen molar-refractivity contribution in [2.24, 2.45) is 5.11 Å². The number of halogens is 2. The number of nitrogens with zero attached hydrogens (tertiary/aromatic N) is 2. The Morgan fingerprint density at radius 3 is 2.14 bits per heavy atom. The first kappa shape index (κ1) is 15.4. The van der Waals surface area contributed by atoms with Crippen LogP contribution < -0.4 is 9.47 Å². The molecule has 0 aliphatic carbocycles. The first-order chi connectivity index (χ1) is 10.0. The highest BCUT2D eigenvalue weighted by Crippen LogP contribution is 2.33. The number of ether oxygens (including phenoxy) is 2. The Bertz CT molecular complexity index is 690. The van der Waals surface area contributed by atoms with Crippen molar-refractivity contribution in [2.45, 2.75) is 0 Å². The van der Waals surface area contributed by atoms with Gasteiger partial charge in [-0.1, -0.05) is 23.2 Å². The van der Waals surface area contributed by atoms with Gasteiger partial charge in [0.1, 0.15) is 16.5 Å². The summed E-state index contributed by atoms with van der Waals surface area (Å²) in [6, 6.07) is 9.53. The molecular formula is C14H12Cl2N2O3. The number of methoxy groups -OCH3 is 2. The number of rotatable bonds is 4. The molecule has 0 N–H and O–H groups in total. The van der Waals surface area contributed by atoms with Crippen molar-refractivity contribution < 1.29 is 14.3 Å². The molecule has 110 valence electrons. The molecule has 0 bridgehead atoms. The number of hydrogen-bond donors (Lipinski definition) is 0. The van der Waals surface area contributed by atoms with Gasteiger partial charge in [-0.05, 0) is 29.1 Å². The zero-order valence-electron chi connectivity index (χ0n) is 11.3. The van der Waals surface area contributed by atoms with Gasteiger partial charge in [0.05, 0.1) is 25.3 Å². The van der Waals surface area contributed by atoms with Crippen LogP contribution in [-0.2, 0) is 0 Å². The second kappa shape index (κ2) is 6.65. The number of benzene rings is 2. The van der Waals surface area contributed by atoms with Crippen LogP contribution >= 0.6 is 23.2 Å². The predicted molar refractivity (Wildman–Crippen MR) is 81.4 cm³/mol. The molecule has 0 radical (unpaired) electrons. The zero-order chi connectivity index (χ0) is 15.4. The Hall–Kier alpha value is -1.98. The summed E-state index contributed by atoms with van der Waals surface area (Å²) in [6.07, 6.45) is 0. The summed E-state index contributed by atoms with van der Waals surface area (Å²) in [6.45, 7) is 0. The van der Waals surface area contributed by atoms with E-state index in [1.165, 1.54) is 20.3 Å². The van der Waals surface area contributed by atoms with E-state index in [9.17, 15) is 5.21 Å². The molecule has 2 aromatic rings. The second-order valence-corrected chi connectivity index (χ2v) is 4.82. The van der Waals surface area contributed by atoms with Gasteiger partial charge in [-0.3, -0.25) is 0 Å². The third-order valence-electron chi connectivity index (χ3n) is 2.71. The minimum absolute atomic E-state index is 0.162.